The summed E-state index contributed by atoms with van der Waals surface area (Å²) < 4.78 is 5.52. The molecule has 1 N–H and O–H groups in total. The minimum atomic E-state index is -0.0100. The van der Waals surface area contributed by atoms with Crippen LogP contribution in [0.2, 0.25) is 0 Å². The van der Waals surface area contributed by atoms with Gasteiger partial charge in [-0.3, -0.25) is 4.79 Å². The Morgan fingerprint density at radius 3 is 2.43 bits per heavy atom. The van der Waals surface area contributed by atoms with Gasteiger partial charge in [0.2, 0.25) is 0 Å². The summed E-state index contributed by atoms with van der Waals surface area (Å²) in [6.45, 7) is 13.1. The number of carbonyl (C=O) groups is 1. The van der Waals surface area contributed by atoms with E-state index in [1.54, 1.807) is 0 Å². The third-order valence-corrected chi connectivity index (χ3v) is 4.22. The quantitative estimate of drug-likeness (QED) is 0.492. The smallest absolute Gasteiger partial charge is 0.251 e. The maximum Gasteiger partial charge on any atom is 0.251 e. The minimum absolute atomic E-state index is 0.0100. The van der Waals surface area contributed by atoms with Gasteiger partial charge in [-0.15, -0.1) is 0 Å². The molecule has 0 aromatic heterocycles. The topological polar surface area (TPSA) is 41.6 Å². The van der Waals surface area contributed by atoms with Gasteiger partial charge in [-0.25, -0.2) is 0 Å². The fourth-order valence-corrected chi connectivity index (χ4v) is 2.77. The van der Waals surface area contributed by atoms with E-state index in [1.807, 2.05) is 24.3 Å². The number of carbonyl (C=O) groups excluding carboxylic acids is 1. The van der Waals surface area contributed by atoms with Crippen molar-refractivity contribution in [3.63, 3.8) is 0 Å². The molecule has 0 aliphatic carbocycles. The molecule has 1 aromatic rings. The van der Waals surface area contributed by atoms with Gasteiger partial charge in [-0.1, -0.05) is 27.7 Å². The van der Waals surface area contributed by atoms with Crippen LogP contribution in [-0.4, -0.2) is 43.6 Å². The van der Waals surface area contributed by atoms with Gasteiger partial charge >= 0.3 is 0 Å². The van der Waals surface area contributed by atoms with Crippen LogP contribution in [0.25, 0.3) is 0 Å². The highest BCUT2D eigenvalue weighted by Gasteiger charge is 2.06. The van der Waals surface area contributed by atoms with Crippen molar-refractivity contribution < 1.29 is 8.98 Å². The Morgan fingerprint density at radius 1 is 1.22 bits per heavy atom. The number of hydrogen-bond acceptors (Lipinski definition) is 4. The monoisotopic (exact) mass is 338 g/mol. The first-order chi connectivity index (χ1) is 11.1. The molecule has 0 saturated carbocycles. The average Bonchev–Trinajstić information content (AvgIpc) is 2.55. The molecule has 0 radical (unpaired) electrons. The van der Waals surface area contributed by atoms with Crippen molar-refractivity contribution in [1.29, 1.82) is 0 Å². The van der Waals surface area contributed by atoms with E-state index in [0.29, 0.717) is 18.0 Å². The molecule has 23 heavy (non-hydrogen) atoms. The first kappa shape index (κ1) is 20.0. The molecule has 0 heterocycles. The molecule has 0 aliphatic heterocycles. The zero-order valence-corrected chi connectivity index (χ0v) is 15.6. The van der Waals surface area contributed by atoms with Crippen molar-refractivity contribution >= 4 is 17.9 Å². The number of hydrogen-bond donors (Lipinski definition) is 1. The van der Waals surface area contributed by atoms with Crippen LogP contribution in [0.15, 0.2) is 29.2 Å². The first-order valence-corrected chi connectivity index (χ1v) is 9.21. The maximum atomic E-state index is 12.1. The third-order valence-electron chi connectivity index (χ3n) is 3.50. The van der Waals surface area contributed by atoms with Crippen LogP contribution in [0.5, 0.6) is 0 Å². The first-order valence-electron chi connectivity index (χ1n) is 8.46. The second kappa shape index (κ2) is 11.5. The SMILES string of the molecule is CCN(CC)CCCNC(=O)c1ccc(SOCC(C)C)cc1. The van der Waals surface area contributed by atoms with E-state index in [-0.39, 0.29) is 5.91 Å². The van der Waals surface area contributed by atoms with Crippen LogP contribution in [0.1, 0.15) is 44.5 Å². The second-order valence-electron chi connectivity index (χ2n) is 5.92. The summed E-state index contributed by atoms with van der Waals surface area (Å²) in [6.07, 6.45) is 0.977. The van der Waals surface area contributed by atoms with E-state index in [9.17, 15) is 4.79 Å². The van der Waals surface area contributed by atoms with Gasteiger partial charge in [0.25, 0.3) is 5.91 Å². The van der Waals surface area contributed by atoms with E-state index in [1.165, 1.54) is 12.0 Å². The lowest BCUT2D eigenvalue weighted by Crippen LogP contribution is -2.29. The molecule has 0 saturated heterocycles. The Kier molecular flexibility index (Phi) is 9.99. The van der Waals surface area contributed by atoms with Crippen molar-refractivity contribution in [1.82, 2.24) is 10.2 Å². The predicted molar refractivity (Wildman–Crippen MR) is 97.8 cm³/mol. The normalized spacial score (nSPS) is 11.2. The Labute approximate surface area is 145 Å². The second-order valence-corrected chi connectivity index (χ2v) is 6.80. The van der Waals surface area contributed by atoms with Gasteiger partial charge in [0.1, 0.15) is 0 Å². The molecule has 1 aromatic carbocycles. The Hall–Kier alpha value is -1.04. The molecule has 0 spiro atoms. The number of rotatable bonds is 11. The lowest BCUT2D eigenvalue weighted by atomic mass is 10.2. The van der Waals surface area contributed by atoms with Crippen molar-refractivity contribution in [2.24, 2.45) is 5.92 Å². The van der Waals surface area contributed by atoms with E-state index < -0.39 is 0 Å². The Balaban J connectivity index is 2.30. The predicted octanol–water partition coefficient (Wildman–Crippen LogP) is 3.83. The summed E-state index contributed by atoms with van der Waals surface area (Å²) in [7, 11) is 0. The van der Waals surface area contributed by atoms with Gasteiger partial charge in [-0.2, -0.15) is 0 Å². The van der Waals surface area contributed by atoms with Gasteiger partial charge in [0, 0.05) is 29.0 Å². The van der Waals surface area contributed by atoms with Crippen LogP contribution in [0.4, 0.5) is 0 Å². The summed E-state index contributed by atoms with van der Waals surface area (Å²) >= 11 is 1.36. The largest absolute Gasteiger partial charge is 0.352 e. The van der Waals surface area contributed by atoms with Crippen LogP contribution < -0.4 is 5.32 Å². The molecule has 5 heteroatoms. The number of nitrogens with one attached hydrogen (secondary N) is 1. The van der Waals surface area contributed by atoms with Crippen molar-refractivity contribution in [3.05, 3.63) is 29.8 Å². The van der Waals surface area contributed by atoms with Crippen molar-refractivity contribution in [3.8, 4) is 0 Å². The molecule has 130 valence electrons. The molecule has 1 amide bonds. The molecule has 0 fully saturated rings. The lowest BCUT2D eigenvalue weighted by Gasteiger charge is -2.17. The Morgan fingerprint density at radius 2 is 1.87 bits per heavy atom. The highest BCUT2D eigenvalue weighted by atomic mass is 32.2. The summed E-state index contributed by atoms with van der Waals surface area (Å²) in [4.78, 5) is 15.5. The zero-order valence-electron chi connectivity index (χ0n) is 14.8. The standard InChI is InChI=1S/C18H30N2O2S/c1-5-20(6-2)13-7-12-19-18(21)16-8-10-17(11-9-16)23-22-14-15(3)4/h8-11,15H,5-7,12-14H2,1-4H3,(H,19,21). The average molecular weight is 339 g/mol. The Bertz CT molecular complexity index is 445. The lowest BCUT2D eigenvalue weighted by molar-refractivity contribution is 0.0951. The zero-order chi connectivity index (χ0) is 17.1. The molecule has 0 aliphatic rings. The van der Waals surface area contributed by atoms with Crippen LogP contribution >= 0.6 is 12.0 Å². The van der Waals surface area contributed by atoms with Crippen molar-refractivity contribution in [2.45, 2.75) is 39.0 Å². The molecule has 0 unspecified atom stereocenters. The molecule has 0 bridgehead atoms. The van der Waals surface area contributed by atoms with Gasteiger partial charge in [0.05, 0.1) is 6.61 Å². The van der Waals surface area contributed by atoms with Crippen LogP contribution in [0.3, 0.4) is 0 Å². The van der Waals surface area contributed by atoms with Crippen molar-refractivity contribution in [2.75, 3.05) is 32.8 Å². The summed E-state index contributed by atoms with van der Waals surface area (Å²) in [5.41, 5.74) is 0.695. The number of nitrogens with zero attached hydrogens (tertiary/aromatic N) is 1. The highest BCUT2D eigenvalue weighted by molar-refractivity contribution is 7.94. The number of amides is 1. The van der Waals surface area contributed by atoms with E-state index in [4.69, 9.17) is 4.18 Å². The van der Waals surface area contributed by atoms with E-state index in [0.717, 1.165) is 37.6 Å². The molecule has 0 atom stereocenters. The van der Waals surface area contributed by atoms with E-state index >= 15 is 0 Å². The number of benzene rings is 1. The van der Waals surface area contributed by atoms with Gasteiger partial charge in [0.15, 0.2) is 0 Å². The van der Waals surface area contributed by atoms with Crippen LogP contribution in [0, 0.1) is 5.92 Å². The molecule has 4 nitrogen and oxygen atoms in total. The summed E-state index contributed by atoms with van der Waals surface area (Å²) in [5.74, 6) is 0.507. The molecule has 1 rings (SSSR count). The van der Waals surface area contributed by atoms with E-state index in [2.05, 4.69) is 37.9 Å². The molecular formula is C18H30N2O2S. The fraction of sp³-hybridized carbons (Fsp3) is 0.611. The maximum absolute atomic E-state index is 12.1. The summed E-state index contributed by atoms with van der Waals surface area (Å²) in [6, 6.07) is 7.55. The van der Waals surface area contributed by atoms with Gasteiger partial charge < -0.3 is 14.4 Å². The van der Waals surface area contributed by atoms with Gasteiger partial charge in [-0.05, 0) is 56.2 Å². The third kappa shape index (κ3) is 8.39. The fourth-order valence-electron chi connectivity index (χ4n) is 2.05. The molecular weight excluding hydrogens is 308 g/mol. The summed E-state index contributed by atoms with van der Waals surface area (Å²) in [5, 5.41) is 2.98. The van der Waals surface area contributed by atoms with Crippen LogP contribution in [-0.2, 0) is 4.18 Å². The minimum Gasteiger partial charge on any atom is -0.352 e. The highest BCUT2D eigenvalue weighted by Crippen LogP contribution is 2.20.